The van der Waals surface area contributed by atoms with E-state index < -0.39 is 0 Å². The van der Waals surface area contributed by atoms with Crippen LogP contribution in [0.1, 0.15) is 46.5 Å². The highest BCUT2D eigenvalue weighted by Gasteiger charge is 2.23. The average Bonchev–Trinajstić information content (AvgIpc) is 2.62. The van der Waals surface area contributed by atoms with Crippen molar-refractivity contribution in [3.05, 3.63) is 47.8 Å². The molecule has 3 nitrogen and oxygen atoms in total. The Labute approximate surface area is 127 Å². The number of hydrogen-bond donors (Lipinski definition) is 0. The first kappa shape index (κ1) is 17.1. The van der Waals surface area contributed by atoms with Gasteiger partial charge in [-0.15, -0.1) is 0 Å². The van der Waals surface area contributed by atoms with Gasteiger partial charge in [-0.25, -0.2) is 0 Å². The molecule has 1 aliphatic carbocycles. The number of hydrogen-bond acceptors (Lipinski definition) is 3. The van der Waals surface area contributed by atoms with Crippen LogP contribution in [0.2, 0.25) is 0 Å². The van der Waals surface area contributed by atoms with Gasteiger partial charge >= 0.3 is 5.97 Å². The largest absolute Gasteiger partial charge is 0.406 e. The van der Waals surface area contributed by atoms with E-state index in [1.54, 1.807) is 13.8 Å². The molecule has 0 saturated carbocycles. The van der Waals surface area contributed by atoms with E-state index in [0.717, 1.165) is 12.0 Å². The molecule has 0 amide bonds. The summed E-state index contributed by atoms with van der Waals surface area (Å²) in [5.74, 6) is 0.320. The summed E-state index contributed by atoms with van der Waals surface area (Å²) in [6.45, 7) is 11.1. The maximum absolute atomic E-state index is 12.1. The molecule has 0 spiro atoms. The van der Waals surface area contributed by atoms with E-state index >= 15 is 0 Å². The van der Waals surface area contributed by atoms with E-state index in [1.807, 2.05) is 31.2 Å². The van der Waals surface area contributed by atoms with Crippen LogP contribution in [0.4, 0.5) is 0 Å². The van der Waals surface area contributed by atoms with Crippen LogP contribution in [0.15, 0.2) is 41.2 Å². The molecular formula is C18H23O3+. The standard InChI is InChI=1S/C18H23O3/c1-5-15(11-14(4)19)12-18(20)21-17-10-8-6-7-9-16(17)13(2)3/h2,6-7,9-10,15H,5,8,11-12H2,1,3-4H3/q+1. The summed E-state index contributed by atoms with van der Waals surface area (Å²) in [7, 11) is 0. The lowest BCUT2D eigenvalue weighted by Gasteiger charge is -2.12. The second-order valence-corrected chi connectivity index (χ2v) is 5.35. The molecule has 3 heteroatoms. The van der Waals surface area contributed by atoms with E-state index in [-0.39, 0.29) is 24.1 Å². The molecule has 0 aromatic carbocycles. The fourth-order valence-corrected chi connectivity index (χ4v) is 2.20. The highest BCUT2D eigenvalue weighted by Crippen LogP contribution is 2.24. The van der Waals surface area contributed by atoms with Gasteiger partial charge in [0.15, 0.2) is 11.1 Å². The van der Waals surface area contributed by atoms with Gasteiger partial charge in [0.2, 0.25) is 5.76 Å². The fraction of sp³-hybridized carbons (Fsp3) is 0.444. The Hall–Kier alpha value is -1.99. The van der Waals surface area contributed by atoms with Crippen molar-refractivity contribution in [2.24, 2.45) is 5.92 Å². The normalized spacial score (nSPS) is 15.5. The van der Waals surface area contributed by atoms with Crippen molar-refractivity contribution in [2.75, 3.05) is 0 Å². The van der Waals surface area contributed by atoms with Crippen LogP contribution < -0.4 is 0 Å². The first-order valence-corrected chi connectivity index (χ1v) is 7.30. The summed E-state index contributed by atoms with van der Waals surface area (Å²) in [6, 6.07) is 0. The molecule has 1 atom stereocenters. The molecule has 0 saturated heterocycles. The lowest BCUT2D eigenvalue weighted by Crippen LogP contribution is -2.14. The Balaban J connectivity index is 2.70. The number of ether oxygens (including phenoxy) is 1. The summed E-state index contributed by atoms with van der Waals surface area (Å²) in [4.78, 5) is 23.2. The van der Waals surface area contributed by atoms with E-state index in [4.69, 9.17) is 11.3 Å². The van der Waals surface area contributed by atoms with Gasteiger partial charge in [0, 0.05) is 25.8 Å². The molecule has 21 heavy (non-hydrogen) atoms. The van der Waals surface area contributed by atoms with Crippen molar-refractivity contribution in [1.29, 1.82) is 0 Å². The smallest absolute Gasteiger partial charge is 0.312 e. The van der Waals surface area contributed by atoms with Crippen LogP contribution in [0.3, 0.4) is 0 Å². The molecule has 0 aromatic heterocycles. The number of carbonyl (C=O) groups excluding carboxylic acids is 2. The molecule has 1 aliphatic rings. The minimum Gasteiger partial charge on any atom is -0.406 e. The molecule has 0 fully saturated rings. The minimum atomic E-state index is -0.316. The lowest BCUT2D eigenvalue weighted by atomic mass is 9.96. The second-order valence-electron chi connectivity index (χ2n) is 5.35. The third-order valence-corrected chi connectivity index (χ3v) is 3.36. The SMILES string of the molecule is [CH+]=C(C)C1=CC=CCC=C1OC(=O)CC(CC)CC(C)=O. The third kappa shape index (κ3) is 5.88. The van der Waals surface area contributed by atoms with Gasteiger partial charge in [-0.2, -0.15) is 0 Å². The Bertz CT molecular complexity index is 507. The number of ketones is 1. The summed E-state index contributed by atoms with van der Waals surface area (Å²) in [5.41, 5.74) is 1.34. The van der Waals surface area contributed by atoms with Crippen molar-refractivity contribution >= 4 is 11.8 Å². The van der Waals surface area contributed by atoms with Gasteiger partial charge < -0.3 is 9.53 Å². The molecular weight excluding hydrogens is 264 g/mol. The predicted octanol–water partition coefficient (Wildman–Crippen LogP) is 4.07. The third-order valence-electron chi connectivity index (χ3n) is 3.36. The van der Waals surface area contributed by atoms with Crippen LogP contribution in [-0.4, -0.2) is 11.8 Å². The zero-order valence-electron chi connectivity index (χ0n) is 13.0. The Kier molecular flexibility index (Phi) is 6.77. The van der Waals surface area contributed by atoms with E-state index in [1.165, 1.54) is 0 Å². The molecule has 0 aromatic rings. The van der Waals surface area contributed by atoms with Crippen molar-refractivity contribution < 1.29 is 14.3 Å². The quantitative estimate of drug-likeness (QED) is 0.523. The van der Waals surface area contributed by atoms with Crippen LogP contribution in [0.5, 0.6) is 0 Å². The monoisotopic (exact) mass is 287 g/mol. The van der Waals surface area contributed by atoms with Gasteiger partial charge in [0.05, 0.1) is 6.58 Å². The zero-order valence-corrected chi connectivity index (χ0v) is 13.0. The van der Waals surface area contributed by atoms with Crippen molar-refractivity contribution in [3.63, 3.8) is 0 Å². The summed E-state index contributed by atoms with van der Waals surface area (Å²) in [5, 5.41) is 0. The number of esters is 1. The average molecular weight is 287 g/mol. The van der Waals surface area contributed by atoms with Crippen molar-refractivity contribution in [3.8, 4) is 0 Å². The first-order valence-electron chi connectivity index (χ1n) is 7.30. The zero-order chi connectivity index (χ0) is 15.8. The van der Waals surface area contributed by atoms with E-state index in [9.17, 15) is 9.59 Å². The number of carbonyl (C=O) groups is 2. The molecule has 0 bridgehead atoms. The fourth-order valence-electron chi connectivity index (χ4n) is 2.20. The van der Waals surface area contributed by atoms with Crippen LogP contribution in [0.25, 0.3) is 0 Å². The number of rotatable bonds is 7. The Morgan fingerprint density at radius 3 is 2.62 bits per heavy atom. The predicted molar refractivity (Wildman–Crippen MR) is 83.2 cm³/mol. The van der Waals surface area contributed by atoms with Crippen LogP contribution >= 0.6 is 0 Å². The van der Waals surface area contributed by atoms with Gasteiger partial charge in [-0.3, -0.25) is 4.79 Å². The highest BCUT2D eigenvalue weighted by atomic mass is 16.5. The van der Waals surface area contributed by atoms with Crippen LogP contribution in [0, 0.1) is 12.5 Å². The highest BCUT2D eigenvalue weighted by molar-refractivity contribution is 5.77. The molecule has 0 radical (unpaired) electrons. The number of allylic oxidation sites excluding steroid dienone is 5. The van der Waals surface area contributed by atoms with Gasteiger partial charge in [-0.1, -0.05) is 19.4 Å². The lowest BCUT2D eigenvalue weighted by molar-refractivity contribution is -0.140. The van der Waals surface area contributed by atoms with E-state index in [0.29, 0.717) is 24.2 Å². The van der Waals surface area contributed by atoms with Gasteiger partial charge in [0.25, 0.3) is 0 Å². The molecule has 0 N–H and O–H groups in total. The van der Waals surface area contributed by atoms with Crippen molar-refractivity contribution in [1.82, 2.24) is 0 Å². The molecule has 0 aliphatic heterocycles. The van der Waals surface area contributed by atoms with Gasteiger partial charge in [-0.05, 0) is 31.4 Å². The topological polar surface area (TPSA) is 43.4 Å². The summed E-state index contributed by atoms with van der Waals surface area (Å²) < 4.78 is 5.46. The van der Waals surface area contributed by atoms with E-state index in [2.05, 4.69) is 0 Å². The van der Waals surface area contributed by atoms with Crippen LogP contribution in [-0.2, 0) is 14.3 Å². The maximum Gasteiger partial charge on any atom is 0.312 e. The minimum absolute atomic E-state index is 0.0369. The molecule has 0 heterocycles. The van der Waals surface area contributed by atoms with Crippen molar-refractivity contribution in [2.45, 2.75) is 46.5 Å². The summed E-state index contributed by atoms with van der Waals surface area (Å²) in [6.07, 6.45) is 9.68. The molecule has 1 rings (SSSR count). The van der Waals surface area contributed by atoms with Gasteiger partial charge in [0.1, 0.15) is 5.78 Å². The molecule has 1 unspecified atom stereocenters. The second kappa shape index (κ2) is 8.33. The first-order chi connectivity index (χ1) is 9.93. The summed E-state index contributed by atoms with van der Waals surface area (Å²) >= 11 is 0. The maximum atomic E-state index is 12.1. The Morgan fingerprint density at radius 2 is 2.05 bits per heavy atom. The number of Topliss-reactive ketones (excluding diaryl/α,β-unsaturated/α-hetero) is 1. The Morgan fingerprint density at radius 1 is 1.33 bits per heavy atom. The molecule has 112 valence electrons.